The van der Waals surface area contributed by atoms with Gasteiger partial charge in [0.2, 0.25) is 0 Å². The van der Waals surface area contributed by atoms with Gasteiger partial charge in [0.1, 0.15) is 23.0 Å². The zero-order valence-electron chi connectivity index (χ0n) is 55.0. The minimum absolute atomic E-state index is 0.0833. The second-order valence-electron chi connectivity index (χ2n) is 22.4. The summed E-state index contributed by atoms with van der Waals surface area (Å²) >= 11 is 0. The van der Waals surface area contributed by atoms with Crippen LogP contribution in [0.2, 0.25) is 0 Å². The second kappa shape index (κ2) is 38.2. The number of ether oxygens (including phenoxy) is 2. The number of carbonyl (C=O) groups excluding carboxylic acids is 3. The van der Waals surface area contributed by atoms with Crippen LogP contribution >= 0.6 is 0 Å². The largest absolute Gasteiger partial charge is 0.457 e. The van der Waals surface area contributed by atoms with Gasteiger partial charge in [-0.3, -0.25) is 14.4 Å². The SMILES string of the molecule is CC(=O)c1ccc(C)cc1.CC(=O)c1ccc(C)cc1.Cc1ccc(C(=O)c2ccc(C)cc2)cc1.Cc1ccc(Oc2ccc(Oc3ccc(C)cc3)cc2)cc1.c1ccc2cc3ccccc3cc2c1.c1ccc2ccccc2c1.c1ccccc1.c1ccccc1. The first-order chi connectivity index (χ1) is 45.6. The molecule has 0 saturated carbocycles. The van der Waals surface area contributed by atoms with Gasteiger partial charge in [-0.25, -0.2) is 0 Å². The molecule has 0 heterocycles. The van der Waals surface area contributed by atoms with E-state index in [1.54, 1.807) is 13.8 Å². The number of hydrogen-bond acceptors (Lipinski definition) is 5. The number of rotatable bonds is 8. The fourth-order valence-electron chi connectivity index (χ4n) is 9.00. The summed E-state index contributed by atoms with van der Waals surface area (Å²) in [5, 5.41) is 7.87. The number of carbonyl (C=O) groups is 3. The average Bonchev–Trinajstić information content (AvgIpc) is 0.834. The quantitative estimate of drug-likeness (QED) is 0.112. The third-order valence-corrected chi connectivity index (χ3v) is 14.5. The molecule has 14 rings (SSSR count). The lowest BCUT2D eigenvalue weighted by molar-refractivity contribution is 0.100. The molecule has 0 aliphatic carbocycles. The molecule has 468 valence electrons. The van der Waals surface area contributed by atoms with E-state index < -0.39 is 0 Å². The van der Waals surface area contributed by atoms with Gasteiger partial charge in [-0.2, -0.15) is 0 Å². The van der Waals surface area contributed by atoms with Crippen molar-refractivity contribution < 1.29 is 23.9 Å². The lowest BCUT2D eigenvalue weighted by Crippen LogP contribution is -2.00. The fourth-order valence-corrected chi connectivity index (χ4v) is 9.00. The van der Waals surface area contributed by atoms with E-state index in [1.807, 2.05) is 270 Å². The highest BCUT2D eigenvalue weighted by Crippen LogP contribution is 2.28. The van der Waals surface area contributed by atoms with Crippen LogP contribution in [0, 0.1) is 41.5 Å². The molecule has 0 amide bonds. The van der Waals surface area contributed by atoms with Gasteiger partial charge in [-0.05, 0) is 148 Å². The van der Waals surface area contributed by atoms with Crippen LogP contribution in [0.4, 0.5) is 0 Å². The highest BCUT2D eigenvalue weighted by Gasteiger charge is 2.08. The first-order valence-electron chi connectivity index (χ1n) is 31.4. The van der Waals surface area contributed by atoms with Crippen molar-refractivity contribution in [1.82, 2.24) is 0 Å². The maximum Gasteiger partial charge on any atom is 0.193 e. The molecule has 0 aliphatic rings. The number of hydrogen-bond donors (Lipinski definition) is 0. The van der Waals surface area contributed by atoms with Crippen molar-refractivity contribution in [2.24, 2.45) is 0 Å². The molecule has 0 fully saturated rings. The van der Waals surface area contributed by atoms with Crippen molar-refractivity contribution in [2.75, 3.05) is 0 Å². The van der Waals surface area contributed by atoms with Crippen molar-refractivity contribution in [1.29, 1.82) is 0 Å². The van der Waals surface area contributed by atoms with Crippen molar-refractivity contribution in [3.05, 3.63) is 407 Å². The van der Waals surface area contributed by atoms with Crippen LogP contribution in [-0.2, 0) is 0 Å². The number of aryl methyl sites for hydroxylation is 6. The van der Waals surface area contributed by atoms with Crippen molar-refractivity contribution in [3.63, 3.8) is 0 Å². The Hall–Kier alpha value is -11.5. The Balaban J connectivity index is 0.000000157. The maximum absolute atomic E-state index is 12.1. The highest BCUT2D eigenvalue weighted by molar-refractivity contribution is 6.09. The lowest BCUT2D eigenvalue weighted by Gasteiger charge is -2.08. The summed E-state index contributed by atoms with van der Waals surface area (Å²) < 4.78 is 11.6. The molecular formula is C89H82O5. The monoisotopic (exact) mass is 1230 g/mol. The molecule has 0 saturated heterocycles. The number of Topliss-reactive ketones (excluding diaryl/α,β-unsaturated/α-hetero) is 2. The van der Waals surface area contributed by atoms with Gasteiger partial charge in [-0.15, -0.1) is 0 Å². The summed E-state index contributed by atoms with van der Waals surface area (Å²) in [4.78, 5) is 33.6. The predicted molar refractivity (Wildman–Crippen MR) is 395 cm³/mol. The molecule has 0 radical (unpaired) electrons. The van der Waals surface area contributed by atoms with Crippen LogP contribution in [0.15, 0.2) is 352 Å². The molecule has 0 aromatic heterocycles. The Labute approximate surface area is 556 Å². The van der Waals surface area contributed by atoms with Gasteiger partial charge in [-0.1, -0.05) is 325 Å². The minimum Gasteiger partial charge on any atom is -0.457 e. The summed E-state index contributed by atoms with van der Waals surface area (Å²) in [6.07, 6.45) is 0. The van der Waals surface area contributed by atoms with Crippen LogP contribution in [0.5, 0.6) is 23.0 Å². The average molecular weight is 1230 g/mol. The summed E-state index contributed by atoms with van der Waals surface area (Å²) in [5.41, 5.74) is 10.2. The van der Waals surface area contributed by atoms with E-state index in [9.17, 15) is 14.4 Å². The van der Waals surface area contributed by atoms with Gasteiger partial charge >= 0.3 is 0 Å². The van der Waals surface area contributed by atoms with Gasteiger partial charge in [0.05, 0.1) is 0 Å². The zero-order chi connectivity index (χ0) is 66.7. The third kappa shape index (κ3) is 25.0. The van der Waals surface area contributed by atoms with E-state index in [4.69, 9.17) is 9.47 Å². The van der Waals surface area contributed by atoms with Crippen LogP contribution in [0.25, 0.3) is 32.3 Å². The fraction of sp³-hybridized carbons (Fsp3) is 0.0899. The van der Waals surface area contributed by atoms with Crippen LogP contribution < -0.4 is 9.47 Å². The van der Waals surface area contributed by atoms with E-state index in [0.29, 0.717) is 0 Å². The Morgan fingerprint density at radius 3 is 0.574 bits per heavy atom. The van der Waals surface area contributed by atoms with E-state index >= 15 is 0 Å². The van der Waals surface area contributed by atoms with E-state index in [2.05, 4.69) is 123 Å². The molecular weight excluding hydrogens is 1150 g/mol. The minimum atomic E-state index is 0.0833. The first-order valence-corrected chi connectivity index (χ1v) is 31.4. The van der Waals surface area contributed by atoms with Crippen LogP contribution in [0.1, 0.15) is 83.9 Å². The predicted octanol–water partition coefficient (Wildman–Crippen LogP) is 24.0. The van der Waals surface area contributed by atoms with Gasteiger partial charge in [0, 0.05) is 22.3 Å². The van der Waals surface area contributed by atoms with Gasteiger partial charge in [0.25, 0.3) is 0 Å². The molecule has 5 nitrogen and oxygen atoms in total. The van der Waals surface area contributed by atoms with Gasteiger partial charge in [0.15, 0.2) is 17.3 Å². The number of benzene rings is 14. The molecule has 14 aromatic rings. The zero-order valence-corrected chi connectivity index (χ0v) is 55.0. The molecule has 0 aliphatic heterocycles. The molecule has 0 N–H and O–H groups in total. The summed E-state index contributed by atoms with van der Waals surface area (Å²) in [6, 6.07) is 116. The highest BCUT2D eigenvalue weighted by atomic mass is 16.5. The second-order valence-corrected chi connectivity index (χ2v) is 22.4. The first kappa shape index (κ1) is 69.9. The van der Waals surface area contributed by atoms with Gasteiger partial charge < -0.3 is 9.47 Å². The Morgan fingerprint density at radius 1 is 0.202 bits per heavy atom. The molecule has 94 heavy (non-hydrogen) atoms. The Morgan fingerprint density at radius 2 is 0.372 bits per heavy atom. The molecule has 0 bridgehead atoms. The molecule has 14 aromatic carbocycles. The topological polar surface area (TPSA) is 69.7 Å². The smallest absolute Gasteiger partial charge is 0.193 e. The van der Waals surface area contributed by atoms with Crippen molar-refractivity contribution in [2.45, 2.75) is 55.4 Å². The number of ketones is 3. The maximum atomic E-state index is 12.1. The lowest BCUT2D eigenvalue weighted by atomic mass is 10.0. The Bertz CT molecular complexity index is 4060. The van der Waals surface area contributed by atoms with E-state index in [0.717, 1.165) is 45.3 Å². The summed E-state index contributed by atoms with van der Waals surface area (Å²) in [6.45, 7) is 15.3. The van der Waals surface area contributed by atoms with E-state index in [-0.39, 0.29) is 17.3 Å². The van der Waals surface area contributed by atoms with Crippen molar-refractivity contribution >= 4 is 49.7 Å². The normalized spacial score (nSPS) is 9.83. The summed E-state index contributed by atoms with van der Waals surface area (Å²) in [5.74, 6) is 3.58. The van der Waals surface area contributed by atoms with E-state index in [1.165, 1.54) is 65.7 Å². The number of fused-ring (bicyclic) bond motifs is 3. The molecule has 0 spiro atoms. The Kier molecular flexibility index (Phi) is 28.4. The molecule has 0 atom stereocenters. The summed E-state index contributed by atoms with van der Waals surface area (Å²) in [7, 11) is 0. The van der Waals surface area contributed by atoms with Crippen LogP contribution in [-0.4, -0.2) is 17.3 Å². The molecule has 0 unspecified atom stereocenters. The van der Waals surface area contributed by atoms with Crippen molar-refractivity contribution in [3.8, 4) is 23.0 Å². The standard InChI is InChI=1S/C20H18O2.C15H14O.C14H10.C10H8.2C9H10O.2C6H6/c1-15-3-7-17(8-4-15)21-19-11-13-20(14-12-19)22-18-9-5-16(2)6-10-18;1-11-3-7-13(8-4-11)15(16)14-9-5-12(2)6-10-14;1-2-6-12-10-14-8-4-3-7-13(14)9-11(12)5-1;1-2-6-10-8-4-3-7-9(10)5-1;2*1-7-3-5-9(6-4-7)8(2)10;2*1-2-4-6-5-3-1/h3-14H,1-2H3;3-10H,1-2H3;1-10H;1-8H;2*3-6H,1-2H3;2*1-6H. The third-order valence-electron chi connectivity index (χ3n) is 14.5. The van der Waals surface area contributed by atoms with Crippen LogP contribution in [0.3, 0.4) is 0 Å². The molecule has 5 heteroatoms.